The molecule has 0 atom stereocenters. The van der Waals surface area contributed by atoms with Gasteiger partial charge in [0.15, 0.2) is 5.69 Å². The van der Waals surface area contributed by atoms with Gasteiger partial charge >= 0.3 is 5.97 Å². The normalized spacial score (nSPS) is 15.8. The first-order chi connectivity index (χ1) is 6.22. The molecule has 1 aliphatic carbocycles. The summed E-state index contributed by atoms with van der Waals surface area (Å²) in [5.74, 6) is -0.591. The van der Waals surface area contributed by atoms with Crippen molar-refractivity contribution in [2.45, 2.75) is 18.9 Å². The van der Waals surface area contributed by atoms with Gasteiger partial charge in [-0.1, -0.05) is 0 Å². The lowest BCUT2D eigenvalue weighted by molar-refractivity contribution is 0.0683. The van der Waals surface area contributed by atoms with Crippen LogP contribution in [-0.4, -0.2) is 28.0 Å². The Kier molecular flexibility index (Phi) is 1.72. The van der Waals surface area contributed by atoms with Crippen LogP contribution >= 0.6 is 0 Å². The molecule has 0 aromatic carbocycles. The second-order valence-corrected chi connectivity index (χ2v) is 3.05. The van der Waals surface area contributed by atoms with Gasteiger partial charge in [0.05, 0.1) is 13.2 Å². The second kappa shape index (κ2) is 2.76. The van der Waals surface area contributed by atoms with Crippen molar-refractivity contribution in [3.63, 3.8) is 0 Å². The van der Waals surface area contributed by atoms with Crippen molar-refractivity contribution in [1.29, 1.82) is 0 Å². The number of aromatic nitrogens is 2. The minimum atomic E-state index is -0.956. The van der Waals surface area contributed by atoms with E-state index < -0.39 is 5.97 Å². The Balaban J connectivity index is 2.39. The molecule has 13 heavy (non-hydrogen) atoms. The molecule has 70 valence electrons. The first kappa shape index (κ1) is 8.10. The van der Waals surface area contributed by atoms with E-state index in [1.54, 1.807) is 0 Å². The van der Waals surface area contributed by atoms with E-state index in [0.717, 1.165) is 12.8 Å². The van der Waals surface area contributed by atoms with Crippen LogP contribution in [-0.2, 0) is 0 Å². The van der Waals surface area contributed by atoms with Crippen molar-refractivity contribution in [2.75, 3.05) is 7.11 Å². The Hall–Kier alpha value is -1.52. The fourth-order valence-electron chi connectivity index (χ4n) is 1.23. The number of hydrogen-bond acceptors (Lipinski definition) is 3. The minimum Gasteiger partial charge on any atom is -0.480 e. The van der Waals surface area contributed by atoms with Gasteiger partial charge in [-0.25, -0.2) is 4.79 Å². The molecule has 5 heteroatoms. The molecule has 2 rings (SSSR count). The number of carboxylic acid groups (broad SMARTS) is 1. The highest BCUT2D eigenvalue weighted by molar-refractivity contribution is 5.86. The van der Waals surface area contributed by atoms with E-state index in [1.165, 1.54) is 17.9 Å². The zero-order valence-electron chi connectivity index (χ0n) is 7.23. The van der Waals surface area contributed by atoms with Gasteiger partial charge in [0.2, 0.25) is 5.88 Å². The third kappa shape index (κ3) is 1.37. The first-order valence-electron chi connectivity index (χ1n) is 4.09. The van der Waals surface area contributed by atoms with Crippen LogP contribution < -0.4 is 4.74 Å². The zero-order chi connectivity index (χ0) is 9.42. The number of aromatic carboxylic acids is 1. The Bertz CT molecular complexity index is 341. The monoisotopic (exact) mass is 182 g/mol. The topological polar surface area (TPSA) is 64.3 Å². The summed E-state index contributed by atoms with van der Waals surface area (Å²) in [5.41, 5.74) is 0.208. The van der Waals surface area contributed by atoms with E-state index in [4.69, 9.17) is 9.84 Å². The summed E-state index contributed by atoms with van der Waals surface area (Å²) in [6, 6.07) is 1.70. The number of nitrogens with zero attached hydrogens (tertiary/aromatic N) is 2. The number of rotatable bonds is 3. The number of carbonyl (C=O) groups is 1. The maximum Gasteiger partial charge on any atom is 0.354 e. The van der Waals surface area contributed by atoms with Crippen LogP contribution in [0.15, 0.2) is 6.07 Å². The number of methoxy groups -OCH3 is 1. The minimum absolute atomic E-state index is 0.208. The first-order valence-corrected chi connectivity index (χ1v) is 4.09. The molecule has 1 aromatic heterocycles. The molecular weight excluding hydrogens is 172 g/mol. The predicted molar refractivity (Wildman–Crippen MR) is 44.0 cm³/mol. The summed E-state index contributed by atoms with van der Waals surface area (Å²) in [7, 11) is 1.48. The number of hydrogen-bond donors (Lipinski definition) is 1. The van der Waals surface area contributed by atoms with Gasteiger partial charge in [-0.2, -0.15) is 0 Å². The highest BCUT2D eigenvalue weighted by Gasteiger charge is 2.29. The quantitative estimate of drug-likeness (QED) is 0.755. The van der Waals surface area contributed by atoms with Crippen molar-refractivity contribution in [3.05, 3.63) is 11.8 Å². The summed E-state index contributed by atoms with van der Waals surface area (Å²) in [6.45, 7) is 0. The molecule has 0 radical (unpaired) electrons. The van der Waals surface area contributed by atoms with Gasteiger partial charge < -0.3 is 9.84 Å². The SMILES string of the molecule is COc1cc(C(=O)O)n(C2CC2)n1. The van der Waals surface area contributed by atoms with E-state index >= 15 is 0 Å². The Morgan fingerprint density at radius 1 is 1.77 bits per heavy atom. The van der Waals surface area contributed by atoms with E-state index in [-0.39, 0.29) is 11.7 Å². The summed E-state index contributed by atoms with van der Waals surface area (Å²) < 4.78 is 6.40. The Labute approximate surface area is 74.9 Å². The molecule has 1 heterocycles. The fraction of sp³-hybridized carbons (Fsp3) is 0.500. The van der Waals surface area contributed by atoms with Crippen LogP contribution in [0.25, 0.3) is 0 Å². The molecule has 0 amide bonds. The molecule has 1 N–H and O–H groups in total. The van der Waals surface area contributed by atoms with Crippen LogP contribution in [0.1, 0.15) is 29.4 Å². The van der Waals surface area contributed by atoms with Crippen molar-refractivity contribution < 1.29 is 14.6 Å². The third-order valence-corrected chi connectivity index (χ3v) is 2.03. The standard InChI is InChI=1S/C8H10N2O3/c1-13-7-4-6(8(11)12)10(9-7)5-2-3-5/h4-5H,2-3H2,1H3,(H,11,12). The van der Waals surface area contributed by atoms with Crippen LogP contribution in [0.5, 0.6) is 5.88 Å². The third-order valence-electron chi connectivity index (χ3n) is 2.03. The molecule has 0 saturated heterocycles. The summed E-state index contributed by atoms with van der Waals surface area (Å²) >= 11 is 0. The average molecular weight is 182 g/mol. The molecule has 5 nitrogen and oxygen atoms in total. The highest BCUT2D eigenvalue weighted by atomic mass is 16.5. The maximum atomic E-state index is 10.8. The van der Waals surface area contributed by atoms with Crippen molar-refractivity contribution in [2.24, 2.45) is 0 Å². The van der Waals surface area contributed by atoms with Crippen molar-refractivity contribution >= 4 is 5.97 Å². The fourth-order valence-corrected chi connectivity index (χ4v) is 1.23. The average Bonchev–Trinajstić information content (AvgIpc) is 2.84. The van der Waals surface area contributed by atoms with Gasteiger partial charge in [0.25, 0.3) is 0 Å². The molecule has 1 saturated carbocycles. The highest BCUT2D eigenvalue weighted by Crippen LogP contribution is 2.36. The van der Waals surface area contributed by atoms with Crippen LogP contribution in [0.4, 0.5) is 0 Å². The second-order valence-electron chi connectivity index (χ2n) is 3.05. The molecule has 1 aliphatic rings. The molecule has 1 aromatic rings. The number of ether oxygens (including phenoxy) is 1. The van der Waals surface area contributed by atoms with Gasteiger partial charge in [-0.05, 0) is 12.8 Å². The molecule has 0 unspecified atom stereocenters. The molecule has 0 aliphatic heterocycles. The van der Waals surface area contributed by atoms with E-state index in [1.807, 2.05) is 0 Å². The lowest BCUT2D eigenvalue weighted by atomic mass is 10.4. The summed E-state index contributed by atoms with van der Waals surface area (Å²) in [6.07, 6.45) is 2.01. The van der Waals surface area contributed by atoms with E-state index in [2.05, 4.69) is 5.10 Å². The molecular formula is C8H10N2O3. The summed E-state index contributed by atoms with van der Waals surface area (Å²) in [4.78, 5) is 10.8. The van der Waals surface area contributed by atoms with Crippen LogP contribution in [0, 0.1) is 0 Å². The van der Waals surface area contributed by atoms with Gasteiger partial charge in [0.1, 0.15) is 0 Å². The Morgan fingerprint density at radius 3 is 2.92 bits per heavy atom. The van der Waals surface area contributed by atoms with Crippen LogP contribution in [0.3, 0.4) is 0 Å². The smallest absolute Gasteiger partial charge is 0.354 e. The van der Waals surface area contributed by atoms with Crippen molar-refractivity contribution in [1.82, 2.24) is 9.78 Å². The lowest BCUT2D eigenvalue weighted by Crippen LogP contribution is -2.07. The maximum absolute atomic E-state index is 10.8. The van der Waals surface area contributed by atoms with Crippen LogP contribution in [0.2, 0.25) is 0 Å². The van der Waals surface area contributed by atoms with E-state index in [0.29, 0.717) is 5.88 Å². The lowest BCUT2D eigenvalue weighted by Gasteiger charge is -1.98. The van der Waals surface area contributed by atoms with Crippen molar-refractivity contribution in [3.8, 4) is 5.88 Å². The Morgan fingerprint density at radius 2 is 2.46 bits per heavy atom. The zero-order valence-corrected chi connectivity index (χ0v) is 7.23. The number of carboxylic acids is 1. The molecule has 0 bridgehead atoms. The molecule has 0 spiro atoms. The van der Waals surface area contributed by atoms with Gasteiger partial charge in [-0.15, -0.1) is 5.10 Å². The molecule has 1 fully saturated rings. The van der Waals surface area contributed by atoms with Gasteiger partial charge in [-0.3, -0.25) is 4.68 Å². The predicted octanol–water partition coefficient (Wildman–Crippen LogP) is 0.925. The van der Waals surface area contributed by atoms with Gasteiger partial charge in [0, 0.05) is 6.07 Å². The largest absolute Gasteiger partial charge is 0.480 e. The van der Waals surface area contributed by atoms with E-state index in [9.17, 15) is 4.79 Å². The summed E-state index contributed by atoms with van der Waals surface area (Å²) in [5, 5.41) is 12.9.